The molecule has 0 unspecified atom stereocenters. The van der Waals surface area contributed by atoms with E-state index in [9.17, 15) is 0 Å². The van der Waals surface area contributed by atoms with Gasteiger partial charge in [0, 0.05) is 25.9 Å². The predicted molar refractivity (Wildman–Crippen MR) is 72.6 cm³/mol. The van der Waals surface area contributed by atoms with E-state index in [1.807, 2.05) is 6.07 Å². The zero-order chi connectivity index (χ0) is 13.5. The number of methoxy groups -OCH3 is 1. The van der Waals surface area contributed by atoms with Gasteiger partial charge in [-0.15, -0.1) is 0 Å². The number of ether oxygens (including phenoxy) is 1. The molecule has 0 amide bonds. The van der Waals surface area contributed by atoms with Crippen LogP contribution in [0.25, 0.3) is 11.5 Å². The molecule has 0 aliphatic heterocycles. The number of rotatable bonds is 6. The first-order chi connectivity index (χ1) is 9.33. The molecule has 0 spiro atoms. The molecule has 0 radical (unpaired) electrons. The highest BCUT2D eigenvalue weighted by Gasteiger charge is 2.07. The first-order valence-corrected chi connectivity index (χ1v) is 6.20. The lowest BCUT2D eigenvalue weighted by Gasteiger charge is -2.08. The van der Waals surface area contributed by atoms with Crippen LogP contribution in [0.2, 0.25) is 0 Å². The summed E-state index contributed by atoms with van der Waals surface area (Å²) in [5.41, 5.74) is 1.53. The maximum Gasteiger partial charge on any atom is 0.180 e. The Balaban J connectivity index is 2.33. The molecule has 0 aliphatic rings. The Labute approximate surface area is 112 Å². The van der Waals surface area contributed by atoms with Crippen molar-refractivity contribution in [1.82, 2.24) is 19.9 Å². The van der Waals surface area contributed by atoms with Crippen LogP contribution in [0.1, 0.15) is 19.0 Å². The van der Waals surface area contributed by atoms with Gasteiger partial charge in [-0.1, -0.05) is 6.92 Å². The molecule has 0 atom stereocenters. The molecule has 0 fully saturated rings. The summed E-state index contributed by atoms with van der Waals surface area (Å²) in [5, 5.41) is 3.25. The molecule has 0 saturated carbocycles. The molecule has 0 aromatic carbocycles. The van der Waals surface area contributed by atoms with Crippen LogP contribution in [0.3, 0.4) is 0 Å². The van der Waals surface area contributed by atoms with Crippen LogP contribution in [-0.2, 0) is 11.3 Å². The fourth-order valence-electron chi connectivity index (χ4n) is 1.60. The van der Waals surface area contributed by atoms with E-state index in [0.717, 1.165) is 24.5 Å². The third kappa shape index (κ3) is 3.69. The lowest BCUT2D eigenvalue weighted by atomic mass is 10.3. The average Bonchev–Trinajstić information content (AvgIpc) is 2.46. The maximum absolute atomic E-state index is 5.13. The van der Waals surface area contributed by atoms with Crippen molar-refractivity contribution in [2.45, 2.75) is 20.0 Å². The molecule has 0 aliphatic carbocycles. The van der Waals surface area contributed by atoms with Crippen molar-refractivity contribution in [1.29, 1.82) is 0 Å². The smallest absolute Gasteiger partial charge is 0.180 e. The summed E-state index contributed by atoms with van der Waals surface area (Å²) in [7, 11) is 1.64. The molecular formula is C13H17N5O. The highest BCUT2D eigenvalue weighted by atomic mass is 16.5. The van der Waals surface area contributed by atoms with Crippen molar-refractivity contribution >= 4 is 5.82 Å². The van der Waals surface area contributed by atoms with E-state index in [0.29, 0.717) is 18.1 Å². The molecule has 6 nitrogen and oxygen atoms in total. The number of aromatic nitrogens is 4. The number of hydrogen-bond acceptors (Lipinski definition) is 6. The maximum atomic E-state index is 5.13. The van der Waals surface area contributed by atoms with Crippen molar-refractivity contribution in [3.05, 3.63) is 30.4 Å². The van der Waals surface area contributed by atoms with Crippen LogP contribution < -0.4 is 5.32 Å². The number of hydrogen-bond donors (Lipinski definition) is 1. The lowest BCUT2D eigenvalue weighted by Crippen LogP contribution is -2.06. The average molecular weight is 259 g/mol. The molecule has 2 aromatic heterocycles. The normalized spacial score (nSPS) is 10.4. The first-order valence-electron chi connectivity index (χ1n) is 6.20. The molecule has 2 rings (SSSR count). The Bertz CT molecular complexity index is 518. The highest BCUT2D eigenvalue weighted by molar-refractivity contribution is 5.52. The van der Waals surface area contributed by atoms with E-state index in [-0.39, 0.29) is 0 Å². The predicted octanol–water partition coefficient (Wildman–Crippen LogP) is 1.90. The molecule has 1 N–H and O–H groups in total. The molecule has 19 heavy (non-hydrogen) atoms. The van der Waals surface area contributed by atoms with Crippen LogP contribution in [0.5, 0.6) is 0 Å². The van der Waals surface area contributed by atoms with Gasteiger partial charge in [0.25, 0.3) is 0 Å². The van der Waals surface area contributed by atoms with E-state index >= 15 is 0 Å². The Morgan fingerprint density at radius 3 is 2.89 bits per heavy atom. The summed E-state index contributed by atoms with van der Waals surface area (Å²) in [6.45, 7) is 3.42. The van der Waals surface area contributed by atoms with Crippen molar-refractivity contribution in [2.75, 3.05) is 19.0 Å². The van der Waals surface area contributed by atoms with Crippen LogP contribution >= 0.6 is 0 Å². The lowest BCUT2D eigenvalue weighted by molar-refractivity contribution is 0.181. The summed E-state index contributed by atoms with van der Waals surface area (Å²) in [6.07, 6.45) is 4.20. The minimum absolute atomic E-state index is 0.446. The number of nitrogens with one attached hydrogen (secondary N) is 1. The molecule has 100 valence electrons. The third-order valence-corrected chi connectivity index (χ3v) is 2.44. The van der Waals surface area contributed by atoms with Gasteiger partial charge >= 0.3 is 0 Å². The Hall–Kier alpha value is -2.08. The van der Waals surface area contributed by atoms with E-state index in [4.69, 9.17) is 4.74 Å². The third-order valence-electron chi connectivity index (χ3n) is 2.44. The second-order valence-electron chi connectivity index (χ2n) is 4.02. The van der Waals surface area contributed by atoms with Crippen molar-refractivity contribution in [3.63, 3.8) is 0 Å². The van der Waals surface area contributed by atoms with Crippen LogP contribution in [0.15, 0.2) is 24.7 Å². The van der Waals surface area contributed by atoms with Gasteiger partial charge in [-0.3, -0.25) is 0 Å². The van der Waals surface area contributed by atoms with Crippen LogP contribution in [-0.4, -0.2) is 33.6 Å². The SMILES string of the molecule is CCCNc1cc(COC)nc(-c2ccncn2)n1. The summed E-state index contributed by atoms with van der Waals surface area (Å²) in [6, 6.07) is 3.68. The quantitative estimate of drug-likeness (QED) is 0.854. The monoisotopic (exact) mass is 259 g/mol. The minimum Gasteiger partial charge on any atom is -0.378 e. The second kappa shape index (κ2) is 6.75. The van der Waals surface area contributed by atoms with Gasteiger partial charge in [0.05, 0.1) is 12.3 Å². The van der Waals surface area contributed by atoms with Gasteiger partial charge in [-0.2, -0.15) is 0 Å². The van der Waals surface area contributed by atoms with Gasteiger partial charge in [-0.05, 0) is 12.5 Å². The molecule has 0 saturated heterocycles. The van der Waals surface area contributed by atoms with Crippen LogP contribution in [0, 0.1) is 0 Å². The van der Waals surface area contributed by atoms with E-state index in [2.05, 4.69) is 32.2 Å². The van der Waals surface area contributed by atoms with E-state index in [1.165, 1.54) is 6.33 Å². The van der Waals surface area contributed by atoms with Crippen molar-refractivity contribution in [3.8, 4) is 11.5 Å². The van der Waals surface area contributed by atoms with E-state index < -0.39 is 0 Å². The standard InChI is InChI=1S/C13H17N5O/c1-3-5-15-12-7-10(8-19-2)17-13(18-12)11-4-6-14-9-16-11/h4,6-7,9H,3,5,8H2,1-2H3,(H,15,17,18). The van der Waals surface area contributed by atoms with Crippen molar-refractivity contribution < 1.29 is 4.74 Å². The Morgan fingerprint density at radius 1 is 1.32 bits per heavy atom. The minimum atomic E-state index is 0.446. The number of nitrogens with zero attached hydrogens (tertiary/aromatic N) is 4. The molecule has 0 bridgehead atoms. The molecule has 2 aromatic rings. The summed E-state index contributed by atoms with van der Waals surface area (Å²) in [5.74, 6) is 1.37. The van der Waals surface area contributed by atoms with Gasteiger partial charge in [-0.25, -0.2) is 19.9 Å². The molecular weight excluding hydrogens is 242 g/mol. The van der Waals surface area contributed by atoms with Gasteiger partial charge < -0.3 is 10.1 Å². The topological polar surface area (TPSA) is 72.8 Å². The fraction of sp³-hybridized carbons (Fsp3) is 0.385. The molecule has 2 heterocycles. The second-order valence-corrected chi connectivity index (χ2v) is 4.02. The first kappa shape index (κ1) is 13.4. The Kier molecular flexibility index (Phi) is 4.74. The Morgan fingerprint density at radius 2 is 2.21 bits per heavy atom. The number of anilines is 1. The van der Waals surface area contributed by atoms with Crippen LogP contribution in [0.4, 0.5) is 5.82 Å². The van der Waals surface area contributed by atoms with Crippen molar-refractivity contribution in [2.24, 2.45) is 0 Å². The van der Waals surface area contributed by atoms with E-state index in [1.54, 1.807) is 19.4 Å². The summed E-state index contributed by atoms with van der Waals surface area (Å²) >= 11 is 0. The molecule has 6 heteroatoms. The van der Waals surface area contributed by atoms with Gasteiger partial charge in [0.1, 0.15) is 17.8 Å². The zero-order valence-corrected chi connectivity index (χ0v) is 11.1. The highest BCUT2D eigenvalue weighted by Crippen LogP contribution is 2.15. The zero-order valence-electron chi connectivity index (χ0n) is 11.1. The summed E-state index contributed by atoms with van der Waals surface area (Å²) < 4.78 is 5.13. The fourth-order valence-corrected chi connectivity index (χ4v) is 1.60. The largest absolute Gasteiger partial charge is 0.378 e. The summed E-state index contributed by atoms with van der Waals surface area (Å²) in [4.78, 5) is 17.0. The van der Waals surface area contributed by atoms with Gasteiger partial charge in [0.2, 0.25) is 0 Å². The van der Waals surface area contributed by atoms with Gasteiger partial charge in [0.15, 0.2) is 5.82 Å².